The van der Waals surface area contributed by atoms with E-state index in [2.05, 4.69) is 45.5 Å². The number of hydrogen-bond donors (Lipinski definition) is 1. The monoisotopic (exact) mass is 291 g/mol. The van der Waals surface area contributed by atoms with Crippen LogP contribution in [0.15, 0.2) is 45.5 Å². The lowest BCUT2D eigenvalue weighted by molar-refractivity contribution is 0.581. The highest BCUT2D eigenvalue weighted by Gasteiger charge is 2.19. The second-order valence-electron chi connectivity index (χ2n) is 4.45. The van der Waals surface area contributed by atoms with Crippen molar-refractivity contribution in [2.24, 2.45) is 0 Å². The van der Waals surface area contributed by atoms with Crippen LogP contribution in [0.5, 0.6) is 0 Å². The van der Waals surface area contributed by atoms with Crippen LogP contribution < -0.4 is 5.32 Å². The Morgan fingerprint density at radius 1 is 1.18 bits per heavy atom. The van der Waals surface area contributed by atoms with Gasteiger partial charge in [-0.3, -0.25) is 0 Å². The van der Waals surface area contributed by atoms with E-state index in [4.69, 9.17) is 4.42 Å². The lowest BCUT2D eigenvalue weighted by Gasteiger charge is -2.04. The Hall–Kier alpha value is -1.06. The molecule has 0 spiro atoms. The van der Waals surface area contributed by atoms with Crippen LogP contribution in [0.1, 0.15) is 18.4 Å². The Bertz CT molecular complexity index is 499. The van der Waals surface area contributed by atoms with E-state index in [1.807, 2.05) is 6.07 Å². The van der Waals surface area contributed by atoms with E-state index < -0.39 is 0 Å². The van der Waals surface area contributed by atoms with E-state index in [1.54, 1.807) is 6.26 Å². The smallest absolute Gasteiger partial charge is 0.148 e. The molecule has 0 radical (unpaired) electrons. The molecule has 2 aromatic rings. The minimum absolute atomic E-state index is 0.758. The van der Waals surface area contributed by atoms with Gasteiger partial charge in [0.15, 0.2) is 0 Å². The molecule has 0 unspecified atom stereocenters. The molecule has 0 atom stereocenters. The van der Waals surface area contributed by atoms with E-state index in [0.29, 0.717) is 0 Å². The zero-order chi connectivity index (χ0) is 11.7. The highest BCUT2D eigenvalue weighted by molar-refractivity contribution is 9.10. The first-order valence-corrected chi connectivity index (χ1v) is 6.68. The van der Waals surface area contributed by atoms with Gasteiger partial charge in [0, 0.05) is 18.2 Å². The zero-order valence-electron chi connectivity index (χ0n) is 9.45. The molecule has 2 nitrogen and oxygen atoms in total. The largest absolute Gasteiger partial charge is 0.463 e. The van der Waals surface area contributed by atoms with Gasteiger partial charge in [0.25, 0.3) is 0 Å². The van der Waals surface area contributed by atoms with Gasteiger partial charge in [-0.1, -0.05) is 24.3 Å². The number of benzene rings is 1. The fourth-order valence-corrected chi connectivity index (χ4v) is 2.25. The standard InChI is InChI=1S/C14H14BrNO/c15-13-7-8-17-14(13)11-3-1-10(2-4-11)9-16-12-5-6-12/h1-4,7-8,12,16H,5-6,9H2. The minimum atomic E-state index is 0.758. The van der Waals surface area contributed by atoms with E-state index in [1.165, 1.54) is 18.4 Å². The molecule has 3 rings (SSSR count). The summed E-state index contributed by atoms with van der Waals surface area (Å²) in [4.78, 5) is 0. The van der Waals surface area contributed by atoms with Gasteiger partial charge in [0.05, 0.1) is 10.7 Å². The Labute approximate surface area is 109 Å². The molecule has 17 heavy (non-hydrogen) atoms. The van der Waals surface area contributed by atoms with Crippen molar-refractivity contribution in [2.45, 2.75) is 25.4 Å². The van der Waals surface area contributed by atoms with E-state index in [0.717, 1.165) is 28.4 Å². The number of halogens is 1. The van der Waals surface area contributed by atoms with Crippen LogP contribution in [0.25, 0.3) is 11.3 Å². The lowest BCUT2D eigenvalue weighted by atomic mass is 10.1. The van der Waals surface area contributed by atoms with Crippen LogP contribution in [-0.2, 0) is 6.54 Å². The molecule has 1 heterocycles. The molecule has 1 aromatic carbocycles. The van der Waals surface area contributed by atoms with E-state index in [-0.39, 0.29) is 0 Å². The predicted molar refractivity (Wildman–Crippen MR) is 71.7 cm³/mol. The van der Waals surface area contributed by atoms with Crippen LogP contribution in [-0.4, -0.2) is 6.04 Å². The first kappa shape index (κ1) is 11.1. The second kappa shape index (κ2) is 4.67. The molecular weight excluding hydrogens is 278 g/mol. The maximum atomic E-state index is 5.44. The maximum absolute atomic E-state index is 5.44. The molecule has 1 aliphatic carbocycles. The second-order valence-corrected chi connectivity index (χ2v) is 5.30. The molecule has 3 heteroatoms. The molecule has 0 saturated heterocycles. The van der Waals surface area contributed by atoms with E-state index >= 15 is 0 Å². The molecule has 1 saturated carbocycles. The van der Waals surface area contributed by atoms with E-state index in [9.17, 15) is 0 Å². The third kappa shape index (κ3) is 2.61. The van der Waals surface area contributed by atoms with Gasteiger partial charge in [-0.15, -0.1) is 0 Å². The van der Waals surface area contributed by atoms with Crippen molar-refractivity contribution in [3.63, 3.8) is 0 Å². The van der Waals surface area contributed by atoms with Crippen molar-refractivity contribution in [3.05, 3.63) is 46.6 Å². The van der Waals surface area contributed by atoms with Gasteiger partial charge in [-0.2, -0.15) is 0 Å². The first-order chi connectivity index (χ1) is 8.33. The highest BCUT2D eigenvalue weighted by Crippen LogP contribution is 2.29. The molecule has 0 aliphatic heterocycles. The predicted octanol–water partition coefficient (Wildman–Crippen LogP) is 3.96. The van der Waals surface area contributed by atoms with Crippen LogP contribution in [0.4, 0.5) is 0 Å². The van der Waals surface area contributed by atoms with Gasteiger partial charge in [0.1, 0.15) is 5.76 Å². The van der Waals surface area contributed by atoms with Crippen molar-refractivity contribution in [1.82, 2.24) is 5.32 Å². The summed E-state index contributed by atoms with van der Waals surface area (Å²) in [6.45, 7) is 0.963. The Balaban J connectivity index is 1.72. The van der Waals surface area contributed by atoms with Crippen molar-refractivity contribution >= 4 is 15.9 Å². The summed E-state index contributed by atoms with van der Waals surface area (Å²) in [6, 6.07) is 11.2. The van der Waals surface area contributed by atoms with Gasteiger partial charge in [0.2, 0.25) is 0 Å². The van der Waals surface area contributed by atoms with Gasteiger partial charge in [-0.25, -0.2) is 0 Å². The van der Waals surface area contributed by atoms with Crippen molar-refractivity contribution in [3.8, 4) is 11.3 Å². The van der Waals surface area contributed by atoms with Crippen molar-refractivity contribution in [1.29, 1.82) is 0 Å². The normalized spacial score (nSPS) is 15.1. The highest BCUT2D eigenvalue weighted by atomic mass is 79.9. The summed E-state index contributed by atoms with van der Waals surface area (Å²) in [6.07, 6.45) is 4.36. The zero-order valence-corrected chi connectivity index (χ0v) is 11.0. The van der Waals surface area contributed by atoms with Crippen molar-refractivity contribution < 1.29 is 4.42 Å². The molecular formula is C14H14BrNO. The summed E-state index contributed by atoms with van der Waals surface area (Å²) < 4.78 is 6.44. The molecule has 1 N–H and O–H groups in total. The fourth-order valence-electron chi connectivity index (χ4n) is 1.82. The number of furan rings is 1. The Kier molecular flexibility index (Phi) is 3.04. The third-order valence-corrected chi connectivity index (χ3v) is 3.63. The SMILES string of the molecule is Brc1ccoc1-c1ccc(CNC2CC2)cc1. The topological polar surface area (TPSA) is 25.2 Å². The summed E-state index contributed by atoms with van der Waals surface area (Å²) in [5, 5.41) is 3.51. The number of nitrogens with one attached hydrogen (secondary N) is 1. The fraction of sp³-hybridized carbons (Fsp3) is 0.286. The molecule has 1 aromatic heterocycles. The third-order valence-electron chi connectivity index (χ3n) is 3.01. The van der Waals surface area contributed by atoms with Crippen LogP contribution >= 0.6 is 15.9 Å². The van der Waals surface area contributed by atoms with Crippen LogP contribution in [0.2, 0.25) is 0 Å². The van der Waals surface area contributed by atoms with Gasteiger partial charge in [-0.05, 0) is 40.4 Å². The molecule has 0 amide bonds. The summed E-state index contributed by atoms with van der Waals surface area (Å²) in [5.74, 6) is 0.895. The molecule has 1 fully saturated rings. The first-order valence-electron chi connectivity index (χ1n) is 5.88. The summed E-state index contributed by atoms with van der Waals surface area (Å²) >= 11 is 3.47. The molecule has 88 valence electrons. The number of rotatable bonds is 4. The Morgan fingerprint density at radius 2 is 1.94 bits per heavy atom. The van der Waals surface area contributed by atoms with Crippen LogP contribution in [0.3, 0.4) is 0 Å². The van der Waals surface area contributed by atoms with Gasteiger partial charge < -0.3 is 9.73 Å². The Morgan fingerprint density at radius 3 is 2.53 bits per heavy atom. The quantitative estimate of drug-likeness (QED) is 0.922. The summed E-state index contributed by atoms with van der Waals surface area (Å²) in [7, 11) is 0. The maximum Gasteiger partial charge on any atom is 0.148 e. The molecule has 0 bridgehead atoms. The lowest BCUT2D eigenvalue weighted by Crippen LogP contribution is -2.14. The average Bonchev–Trinajstić information content (AvgIpc) is 3.09. The summed E-state index contributed by atoms with van der Waals surface area (Å²) in [5.41, 5.74) is 2.43. The number of hydrogen-bond acceptors (Lipinski definition) is 2. The van der Waals surface area contributed by atoms with Crippen molar-refractivity contribution in [2.75, 3.05) is 0 Å². The molecule has 1 aliphatic rings. The minimum Gasteiger partial charge on any atom is -0.463 e. The van der Waals surface area contributed by atoms with Crippen LogP contribution in [0, 0.1) is 0 Å². The van der Waals surface area contributed by atoms with Gasteiger partial charge >= 0.3 is 0 Å². The average molecular weight is 292 g/mol.